The molecule has 1 aromatic carbocycles. The number of nitrogens with zero attached hydrogens (tertiary/aromatic N) is 1. The van der Waals surface area contributed by atoms with Crippen LogP contribution in [0.3, 0.4) is 0 Å². The van der Waals surface area contributed by atoms with E-state index in [9.17, 15) is 0 Å². The quantitative estimate of drug-likeness (QED) is 0.788. The van der Waals surface area contributed by atoms with Crippen molar-refractivity contribution in [2.45, 2.75) is 20.8 Å². The van der Waals surface area contributed by atoms with Crippen LogP contribution >= 0.6 is 11.6 Å². The number of pyridine rings is 1. The van der Waals surface area contributed by atoms with Crippen molar-refractivity contribution in [1.82, 2.24) is 4.98 Å². The molecule has 2 rings (SSSR count). The van der Waals surface area contributed by atoms with Crippen LogP contribution in [0.1, 0.15) is 18.1 Å². The van der Waals surface area contributed by atoms with Gasteiger partial charge in [-0.3, -0.25) is 4.98 Å². The summed E-state index contributed by atoms with van der Waals surface area (Å²) in [6, 6.07) is 3.96. The molecule has 84 valence electrons. The standard InChI is InChI=1S/C13H14ClNO/c1-4-16-10-6-5-8(2)11-12(14)9(3)7-15-13(10)11/h5-7H,4H2,1-3H3. The fraction of sp³-hybridized carbons (Fsp3) is 0.308. The van der Waals surface area contributed by atoms with Gasteiger partial charge in [-0.15, -0.1) is 0 Å². The van der Waals surface area contributed by atoms with Crippen LogP contribution in [-0.2, 0) is 0 Å². The molecule has 0 aliphatic heterocycles. The Labute approximate surface area is 100 Å². The van der Waals surface area contributed by atoms with Gasteiger partial charge in [0.15, 0.2) is 0 Å². The predicted octanol–water partition coefficient (Wildman–Crippen LogP) is 3.90. The summed E-state index contributed by atoms with van der Waals surface area (Å²) >= 11 is 6.31. The number of benzene rings is 1. The molecule has 2 nitrogen and oxygen atoms in total. The molecule has 0 fully saturated rings. The molecule has 0 spiro atoms. The van der Waals surface area contributed by atoms with E-state index in [1.54, 1.807) is 6.20 Å². The SMILES string of the molecule is CCOc1ccc(C)c2c(Cl)c(C)cnc12. The fourth-order valence-electron chi connectivity index (χ4n) is 1.77. The Morgan fingerprint density at radius 1 is 1.25 bits per heavy atom. The van der Waals surface area contributed by atoms with E-state index in [0.717, 1.165) is 32.8 Å². The Morgan fingerprint density at radius 3 is 2.69 bits per heavy atom. The molecule has 2 aromatic rings. The maximum atomic E-state index is 6.31. The first kappa shape index (κ1) is 11.2. The van der Waals surface area contributed by atoms with Gasteiger partial charge < -0.3 is 4.74 Å². The van der Waals surface area contributed by atoms with Gasteiger partial charge in [0, 0.05) is 11.6 Å². The summed E-state index contributed by atoms with van der Waals surface area (Å²) in [5.41, 5.74) is 2.96. The molecule has 0 atom stereocenters. The summed E-state index contributed by atoms with van der Waals surface area (Å²) in [4.78, 5) is 4.41. The monoisotopic (exact) mass is 235 g/mol. The van der Waals surface area contributed by atoms with E-state index in [2.05, 4.69) is 4.98 Å². The number of aromatic nitrogens is 1. The van der Waals surface area contributed by atoms with Crippen LogP contribution in [0.15, 0.2) is 18.3 Å². The third kappa shape index (κ3) is 1.74. The average Bonchev–Trinajstić information content (AvgIpc) is 2.27. The number of rotatable bonds is 2. The molecule has 0 saturated heterocycles. The van der Waals surface area contributed by atoms with Gasteiger partial charge in [-0.1, -0.05) is 17.7 Å². The number of aryl methyl sites for hydroxylation is 2. The molecule has 0 aliphatic carbocycles. The van der Waals surface area contributed by atoms with E-state index in [0.29, 0.717) is 6.61 Å². The maximum Gasteiger partial charge on any atom is 0.145 e. The van der Waals surface area contributed by atoms with Crippen LogP contribution in [0.25, 0.3) is 10.9 Å². The summed E-state index contributed by atoms with van der Waals surface area (Å²) in [7, 11) is 0. The Kier molecular flexibility index (Phi) is 3.01. The van der Waals surface area contributed by atoms with Gasteiger partial charge in [0.1, 0.15) is 11.3 Å². The van der Waals surface area contributed by atoms with E-state index in [1.165, 1.54) is 0 Å². The minimum absolute atomic E-state index is 0.630. The molecule has 1 aromatic heterocycles. The minimum atomic E-state index is 0.630. The molecule has 0 N–H and O–H groups in total. The third-order valence-corrected chi connectivity index (χ3v) is 3.09. The molecule has 1 heterocycles. The Balaban J connectivity index is 2.80. The molecular weight excluding hydrogens is 222 g/mol. The summed E-state index contributed by atoms with van der Waals surface area (Å²) < 4.78 is 5.55. The smallest absolute Gasteiger partial charge is 0.145 e. The maximum absolute atomic E-state index is 6.31. The molecule has 3 heteroatoms. The van der Waals surface area contributed by atoms with Crippen LogP contribution in [-0.4, -0.2) is 11.6 Å². The first-order valence-corrected chi connectivity index (χ1v) is 5.70. The van der Waals surface area contributed by atoms with Gasteiger partial charge in [-0.2, -0.15) is 0 Å². The second-order valence-corrected chi connectivity index (χ2v) is 4.17. The zero-order chi connectivity index (χ0) is 11.7. The van der Waals surface area contributed by atoms with Crippen molar-refractivity contribution in [1.29, 1.82) is 0 Å². The van der Waals surface area contributed by atoms with Crippen molar-refractivity contribution in [2.24, 2.45) is 0 Å². The van der Waals surface area contributed by atoms with Gasteiger partial charge in [-0.25, -0.2) is 0 Å². The number of halogens is 1. The minimum Gasteiger partial charge on any atom is -0.492 e. The van der Waals surface area contributed by atoms with Gasteiger partial charge in [0.05, 0.1) is 11.6 Å². The normalized spacial score (nSPS) is 10.8. The highest BCUT2D eigenvalue weighted by atomic mass is 35.5. The van der Waals surface area contributed by atoms with E-state index < -0.39 is 0 Å². The average molecular weight is 236 g/mol. The molecule has 16 heavy (non-hydrogen) atoms. The Morgan fingerprint density at radius 2 is 2.00 bits per heavy atom. The molecule has 0 amide bonds. The van der Waals surface area contributed by atoms with E-state index in [4.69, 9.17) is 16.3 Å². The Hall–Kier alpha value is -1.28. The zero-order valence-corrected chi connectivity index (χ0v) is 10.4. The summed E-state index contributed by atoms with van der Waals surface area (Å²) in [5.74, 6) is 0.796. The van der Waals surface area contributed by atoms with Crippen molar-refractivity contribution in [3.8, 4) is 5.75 Å². The van der Waals surface area contributed by atoms with Crippen molar-refractivity contribution in [3.63, 3.8) is 0 Å². The van der Waals surface area contributed by atoms with Crippen molar-refractivity contribution >= 4 is 22.5 Å². The second-order valence-electron chi connectivity index (χ2n) is 3.79. The lowest BCUT2D eigenvalue weighted by molar-refractivity contribution is 0.343. The van der Waals surface area contributed by atoms with Crippen molar-refractivity contribution in [3.05, 3.63) is 34.5 Å². The topological polar surface area (TPSA) is 22.1 Å². The highest BCUT2D eigenvalue weighted by Gasteiger charge is 2.10. The van der Waals surface area contributed by atoms with Gasteiger partial charge >= 0.3 is 0 Å². The zero-order valence-electron chi connectivity index (χ0n) is 9.67. The van der Waals surface area contributed by atoms with Gasteiger partial charge in [-0.05, 0) is 38.0 Å². The largest absolute Gasteiger partial charge is 0.492 e. The molecule has 0 aliphatic rings. The van der Waals surface area contributed by atoms with E-state index in [-0.39, 0.29) is 0 Å². The lowest BCUT2D eigenvalue weighted by Gasteiger charge is -2.11. The number of hydrogen-bond donors (Lipinski definition) is 0. The summed E-state index contributed by atoms with van der Waals surface area (Å²) in [6.45, 7) is 6.58. The molecule has 0 saturated carbocycles. The van der Waals surface area contributed by atoms with Gasteiger partial charge in [0.25, 0.3) is 0 Å². The molecule has 0 bridgehead atoms. The molecular formula is C13H14ClNO. The van der Waals surface area contributed by atoms with Crippen LogP contribution in [0.4, 0.5) is 0 Å². The highest BCUT2D eigenvalue weighted by molar-refractivity contribution is 6.36. The lowest BCUT2D eigenvalue weighted by atomic mass is 10.1. The van der Waals surface area contributed by atoms with Crippen LogP contribution in [0, 0.1) is 13.8 Å². The fourth-order valence-corrected chi connectivity index (χ4v) is 2.05. The molecule has 0 unspecified atom stereocenters. The second kappa shape index (κ2) is 4.30. The first-order valence-electron chi connectivity index (χ1n) is 5.32. The summed E-state index contributed by atoms with van der Waals surface area (Å²) in [5, 5.41) is 1.76. The first-order chi connectivity index (χ1) is 7.65. The van der Waals surface area contributed by atoms with Crippen LogP contribution in [0.5, 0.6) is 5.75 Å². The third-order valence-electron chi connectivity index (χ3n) is 2.60. The van der Waals surface area contributed by atoms with Crippen molar-refractivity contribution in [2.75, 3.05) is 6.61 Å². The Bertz CT molecular complexity index is 537. The van der Waals surface area contributed by atoms with Crippen LogP contribution < -0.4 is 4.74 Å². The number of ether oxygens (including phenoxy) is 1. The number of hydrogen-bond acceptors (Lipinski definition) is 2. The summed E-state index contributed by atoms with van der Waals surface area (Å²) in [6.07, 6.45) is 1.78. The van der Waals surface area contributed by atoms with E-state index >= 15 is 0 Å². The van der Waals surface area contributed by atoms with Crippen LogP contribution in [0.2, 0.25) is 5.02 Å². The number of fused-ring (bicyclic) bond motifs is 1. The predicted molar refractivity (Wildman–Crippen MR) is 67.4 cm³/mol. The van der Waals surface area contributed by atoms with Gasteiger partial charge in [0.2, 0.25) is 0 Å². The highest BCUT2D eigenvalue weighted by Crippen LogP contribution is 2.33. The van der Waals surface area contributed by atoms with Crippen molar-refractivity contribution < 1.29 is 4.74 Å². The lowest BCUT2D eigenvalue weighted by Crippen LogP contribution is -1.95. The van der Waals surface area contributed by atoms with E-state index in [1.807, 2.05) is 32.9 Å². The molecule has 0 radical (unpaired) electrons.